The van der Waals surface area contributed by atoms with E-state index < -0.39 is 5.91 Å². The summed E-state index contributed by atoms with van der Waals surface area (Å²) in [5.41, 5.74) is 5.15. The van der Waals surface area contributed by atoms with E-state index in [0.717, 1.165) is 25.8 Å². The number of amides is 2. The van der Waals surface area contributed by atoms with Gasteiger partial charge in [-0.05, 0) is 33.2 Å². The predicted molar refractivity (Wildman–Crippen MR) is 68.9 cm³/mol. The minimum Gasteiger partial charge on any atom is -0.368 e. The average Bonchev–Trinajstić information content (AvgIpc) is 2.25. The second kappa shape index (κ2) is 7.50. The van der Waals surface area contributed by atoms with E-state index in [1.165, 1.54) is 0 Å². The molecule has 17 heavy (non-hydrogen) atoms. The van der Waals surface area contributed by atoms with Gasteiger partial charge < -0.3 is 16.0 Å². The van der Waals surface area contributed by atoms with Gasteiger partial charge in [-0.1, -0.05) is 6.42 Å². The standard InChI is InChI=1S/C11H21N3O2.ClH/c1-8(2)14(7-10(12)15)11(16)9-5-3-4-6-13-9;/h8-9,13H,3-7H2,1-2H3,(H2,12,15);1H/t9-;/m1./s1. The van der Waals surface area contributed by atoms with Gasteiger partial charge in [-0.3, -0.25) is 9.59 Å². The Morgan fingerprint density at radius 2 is 2.06 bits per heavy atom. The minimum absolute atomic E-state index is 0. The molecule has 0 radical (unpaired) electrons. The Kier molecular flexibility index (Phi) is 7.15. The van der Waals surface area contributed by atoms with Crippen LogP contribution >= 0.6 is 12.4 Å². The number of piperidine rings is 1. The fourth-order valence-electron chi connectivity index (χ4n) is 1.95. The molecule has 0 aromatic carbocycles. The van der Waals surface area contributed by atoms with E-state index >= 15 is 0 Å². The molecular formula is C11H22ClN3O2. The number of nitrogens with one attached hydrogen (secondary N) is 1. The number of rotatable bonds is 4. The molecule has 0 aromatic heterocycles. The zero-order valence-corrected chi connectivity index (χ0v) is 11.3. The molecule has 0 unspecified atom stereocenters. The maximum Gasteiger partial charge on any atom is 0.240 e. The van der Waals surface area contributed by atoms with Gasteiger partial charge in [-0.2, -0.15) is 0 Å². The lowest BCUT2D eigenvalue weighted by atomic mass is 10.0. The molecule has 6 heteroatoms. The van der Waals surface area contributed by atoms with E-state index in [-0.39, 0.29) is 36.9 Å². The molecule has 1 heterocycles. The molecule has 1 fully saturated rings. The van der Waals surface area contributed by atoms with Crippen LogP contribution in [-0.4, -0.2) is 41.9 Å². The van der Waals surface area contributed by atoms with E-state index in [2.05, 4.69) is 5.32 Å². The van der Waals surface area contributed by atoms with Crippen molar-refractivity contribution in [3.8, 4) is 0 Å². The number of carbonyl (C=O) groups excluding carboxylic acids is 2. The van der Waals surface area contributed by atoms with Crippen LogP contribution in [0.15, 0.2) is 0 Å². The molecule has 0 aromatic rings. The largest absolute Gasteiger partial charge is 0.368 e. The first-order valence-corrected chi connectivity index (χ1v) is 5.84. The van der Waals surface area contributed by atoms with Gasteiger partial charge in [0.05, 0.1) is 12.6 Å². The average molecular weight is 264 g/mol. The predicted octanol–water partition coefficient (Wildman–Crippen LogP) is 0.273. The quantitative estimate of drug-likeness (QED) is 0.765. The smallest absolute Gasteiger partial charge is 0.240 e. The maximum absolute atomic E-state index is 12.1. The molecule has 1 aliphatic rings. The van der Waals surface area contributed by atoms with Crippen molar-refractivity contribution < 1.29 is 9.59 Å². The molecule has 0 spiro atoms. The lowest BCUT2D eigenvalue weighted by molar-refractivity contribution is -0.139. The van der Waals surface area contributed by atoms with Crippen LogP contribution in [0, 0.1) is 0 Å². The Morgan fingerprint density at radius 1 is 1.41 bits per heavy atom. The fraction of sp³-hybridized carbons (Fsp3) is 0.818. The number of hydrogen-bond donors (Lipinski definition) is 2. The van der Waals surface area contributed by atoms with E-state index in [1.54, 1.807) is 4.90 Å². The van der Waals surface area contributed by atoms with Gasteiger partial charge in [0.15, 0.2) is 0 Å². The highest BCUT2D eigenvalue weighted by Crippen LogP contribution is 2.11. The first kappa shape index (κ1) is 16.2. The number of carbonyl (C=O) groups is 2. The van der Waals surface area contributed by atoms with Crippen molar-refractivity contribution in [1.82, 2.24) is 10.2 Å². The number of hydrogen-bond acceptors (Lipinski definition) is 3. The topological polar surface area (TPSA) is 75.4 Å². The van der Waals surface area contributed by atoms with Crippen LogP contribution < -0.4 is 11.1 Å². The van der Waals surface area contributed by atoms with E-state index in [4.69, 9.17) is 5.73 Å². The lowest BCUT2D eigenvalue weighted by Gasteiger charge is -2.31. The Morgan fingerprint density at radius 3 is 2.47 bits per heavy atom. The van der Waals surface area contributed by atoms with Crippen molar-refractivity contribution in [3.63, 3.8) is 0 Å². The summed E-state index contributed by atoms with van der Waals surface area (Å²) in [7, 11) is 0. The van der Waals surface area contributed by atoms with Crippen molar-refractivity contribution in [2.45, 2.75) is 45.2 Å². The van der Waals surface area contributed by atoms with Gasteiger partial charge in [0, 0.05) is 6.04 Å². The van der Waals surface area contributed by atoms with Gasteiger partial charge in [0.25, 0.3) is 0 Å². The Bertz CT molecular complexity index is 265. The zero-order chi connectivity index (χ0) is 12.1. The number of halogens is 1. The summed E-state index contributed by atoms with van der Waals surface area (Å²) >= 11 is 0. The van der Waals surface area contributed by atoms with Crippen LogP contribution in [0.3, 0.4) is 0 Å². The third-order valence-corrected chi connectivity index (χ3v) is 2.84. The van der Waals surface area contributed by atoms with Crippen LogP contribution in [0.25, 0.3) is 0 Å². The zero-order valence-electron chi connectivity index (χ0n) is 10.4. The van der Waals surface area contributed by atoms with Crippen molar-refractivity contribution in [3.05, 3.63) is 0 Å². The molecular weight excluding hydrogens is 242 g/mol. The molecule has 0 aliphatic carbocycles. The summed E-state index contributed by atoms with van der Waals surface area (Å²) < 4.78 is 0. The van der Waals surface area contributed by atoms with E-state index in [9.17, 15) is 9.59 Å². The molecule has 1 saturated heterocycles. The van der Waals surface area contributed by atoms with Gasteiger partial charge in [0.1, 0.15) is 0 Å². The molecule has 0 saturated carbocycles. The Hall–Kier alpha value is -0.810. The van der Waals surface area contributed by atoms with Crippen molar-refractivity contribution >= 4 is 24.2 Å². The van der Waals surface area contributed by atoms with Crippen molar-refractivity contribution in [2.75, 3.05) is 13.1 Å². The summed E-state index contributed by atoms with van der Waals surface area (Å²) in [6.07, 6.45) is 3.02. The number of nitrogens with zero attached hydrogens (tertiary/aromatic N) is 1. The van der Waals surface area contributed by atoms with Crippen LogP contribution in [0.5, 0.6) is 0 Å². The summed E-state index contributed by atoms with van der Waals surface area (Å²) in [6.45, 7) is 4.67. The van der Waals surface area contributed by atoms with Crippen LogP contribution in [0.4, 0.5) is 0 Å². The third-order valence-electron chi connectivity index (χ3n) is 2.84. The van der Waals surface area contributed by atoms with E-state index in [0.29, 0.717) is 0 Å². The lowest BCUT2D eigenvalue weighted by Crippen LogP contribution is -2.52. The SMILES string of the molecule is CC(C)N(CC(N)=O)C(=O)[C@H]1CCCCN1.Cl. The van der Waals surface area contributed by atoms with Gasteiger partial charge in [-0.25, -0.2) is 0 Å². The van der Waals surface area contributed by atoms with Gasteiger partial charge >= 0.3 is 0 Å². The minimum atomic E-state index is -0.460. The second-order valence-electron chi connectivity index (χ2n) is 4.53. The van der Waals surface area contributed by atoms with Gasteiger partial charge in [-0.15, -0.1) is 12.4 Å². The second-order valence-corrected chi connectivity index (χ2v) is 4.53. The summed E-state index contributed by atoms with van der Waals surface area (Å²) in [5.74, 6) is -0.466. The van der Waals surface area contributed by atoms with Crippen LogP contribution in [0.1, 0.15) is 33.1 Å². The molecule has 1 rings (SSSR count). The van der Waals surface area contributed by atoms with Crippen molar-refractivity contribution in [2.24, 2.45) is 5.73 Å². The highest BCUT2D eigenvalue weighted by Gasteiger charge is 2.27. The van der Waals surface area contributed by atoms with Crippen molar-refractivity contribution in [1.29, 1.82) is 0 Å². The highest BCUT2D eigenvalue weighted by molar-refractivity contribution is 5.87. The summed E-state index contributed by atoms with van der Waals surface area (Å²) in [5, 5.41) is 3.18. The molecule has 100 valence electrons. The summed E-state index contributed by atoms with van der Waals surface area (Å²) in [6, 6.07) is -0.140. The first-order valence-electron chi connectivity index (χ1n) is 5.84. The molecule has 5 nitrogen and oxygen atoms in total. The highest BCUT2D eigenvalue weighted by atomic mass is 35.5. The molecule has 3 N–H and O–H groups in total. The van der Waals surface area contributed by atoms with Crippen LogP contribution in [0.2, 0.25) is 0 Å². The number of primary amides is 1. The Balaban J connectivity index is 0.00000256. The first-order chi connectivity index (χ1) is 7.52. The third kappa shape index (κ3) is 4.91. The molecule has 2 amide bonds. The van der Waals surface area contributed by atoms with Crippen LogP contribution in [-0.2, 0) is 9.59 Å². The molecule has 1 aliphatic heterocycles. The van der Waals surface area contributed by atoms with E-state index in [1.807, 2.05) is 13.8 Å². The Labute approximate surface area is 109 Å². The fourth-order valence-corrected chi connectivity index (χ4v) is 1.95. The molecule has 0 bridgehead atoms. The normalized spacial score (nSPS) is 19.6. The maximum atomic E-state index is 12.1. The van der Waals surface area contributed by atoms with Gasteiger partial charge in [0.2, 0.25) is 11.8 Å². The monoisotopic (exact) mass is 263 g/mol. The number of nitrogens with two attached hydrogens (primary N) is 1. The summed E-state index contributed by atoms with van der Waals surface area (Å²) in [4.78, 5) is 24.6. The molecule has 1 atom stereocenters.